The quantitative estimate of drug-likeness (QED) is 0.387. The molecule has 4 aromatic carbocycles. The fraction of sp³-hybridized carbons (Fsp3) is 0.143. The summed E-state index contributed by atoms with van der Waals surface area (Å²) in [5, 5.41) is 6.19. The van der Waals surface area contributed by atoms with Crippen molar-refractivity contribution in [3.8, 4) is 11.1 Å². The predicted octanol–water partition coefficient (Wildman–Crippen LogP) is 5.50. The fourth-order valence-electron chi connectivity index (χ4n) is 4.59. The molecule has 32 heavy (non-hydrogen) atoms. The van der Waals surface area contributed by atoms with Crippen LogP contribution in [0.1, 0.15) is 22.6 Å². The first-order chi connectivity index (χ1) is 15.7. The first-order valence-electron chi connectivity index (χ1n) is 10.7. The molecule has 4 heteroatoms. The summed E-state index contributed by atoms with van der Waals surface area (Å²) in [6.45, 7) is 0.191. The van der Waals surface area contributed by atoms with Crippen LogP contribution in [0.15, 0.2) is 91.0 Å². The second-order valence-corrected chi connectivity index (χ2v) is 7.98. The monoisotopic (exact) mass is 420 g/mol. The number of carbonyl (C=O) groups excluding carboxylic acids is 2. The van der Waals surface area contributed by atoms with Crippen molar-refractivity contribution in [1.29, 1.82) is 0 Å². The van der Waals surface area contributed by atoms with Gasteiger partial charge in [0.25, 0.3) is 0 Å². The Morgan fingerprint density at radius 1 is 0.844 bits per heavy atom. The summed E-state index contributed by atoms with van der Waals surface area (Å²) in [6, 6.07) is 29.5. The van der Waals surface area contributed by atoms with E-state index in [4.69, 9.17) is 4.74 Å². The topological polar surface area (TPSA) is 57.5 Å². The molecule has 4 nitrogen and oxygen atoms in total. The maximum Gasteiger partial charge on any atom is 0.429 e. The van der Waals surface area contributed by atoms with E-state index in [1.165, 1.54) is 11.1 Å². The Hall–Kier alpha value is -3.92. The molecular weight excluding hydrogens is 398 g/mol. The zero-order valence-electron chi connectivity index (χ0n) is 17.5. The highest BCUT2D eigenvalue weighted by Gasteiger charge is 2.29. The van der Waals surface area contributed by atoms with Crippen molar-refractivity contribution in [2.75, 3.05) is 6.61 Å². The summed E-state index contributed by atoms with van der Waals surface area (Å²) in [5.41, 5.74) is 5.61. The Kier molecular flexibility index (Phi) is 5.42. The first-order valence-corrected chi connectivity index (χ1v) is 10.7. The summed E-state index contributed by atoms with van der Waals surface area (Å²) in [6.07, 6.45) is 0.363. The van der Waals surface area contributed by atoms with Gasteiger partial charge in [0, 0.05) is 12.3 Å². The summed E-state index contributed by atoms with van der Waals surface area (Å²) in [4.78, 5) is 24.2. The van der Waals surface area contributed by atoms with Crippen LogP contribution < -0.4 is 5.32 Å². The SMILES string of the molecule is O=C[C@H](Cc1cccc2ccccc12)[N]C(=O)OCC1c2ccccc2-c2ccccc21. The summed E-state index contributed by atoms with van der Waals surface area (Å²) in [7, 11) is 0. The van der Waals surface area contributed by atoms with Gasteiger partial charge in [0.15, 0.2) is 0 Å². The number of hydrogen-bond donors (Lipinski definition) is 0. The lowest BCUT2D eigenvalue weighted by molar-refractivity contribution is -0.109. The van der Waals surface area contributed by atoms with Crippen molar-refractivity contribution in [2.24, 2.45) is 0 Å². The van der Waals surface area contributed by atoms with Crippen LogP contribution in [0, 0.1) is 0 Å². The summed E-state index contributed by atoms with van der Waals surface area (Å²) in [5.74, 6) is -0.0331. The Labute approximate surface area is 186 Å². The molecule has 157 valence electrons. The maximum atomic E-state index is 12.5. The molecule has 0 aromatic heterocycles. The van der Waals surface area contributed by atoms with E-state index in [0.29, 0.717) is 12.7 Å². The minimum atomic E-state index is -0.781. The zero-order valence-corrected chi connectivity index (χ0v) is 17.5. The van der Waals surface area contributed by atoms with Gasteiger partial charge < -0.3 is 9.53 Å². The molecule has 0 heterocycles. The number of hydrogen-bond acceptors (Lipinski definition) is 3. The highest BCUT2D eigenvalue weighted by molar-refractivity contribution is 5.86. The van der Waals surface area contributed by atoms with Crippen molar-refractivity contribution in [3.63, 3.8) is 0 Å². The van der Waals surface area contributed by atoms with Gasteiger partial charge in [-0.3, -0.25) is 0 Å². The molecule has 1 atom stereocenters. The standard InChI is InChI=1S/C28H22NO3/c30-17-21(16-20-10-7-9-19-8-1-2-11-22(19)20)29-28(31)32-18-27-25-14-5-3-12-23(25)24-13-4-6-15-26(24)27/h1-15,17,21,27H,16,18H2/t21-/m0/s1. The molecular formula is C28H22NO3. The number of benzene rings is 4. The Bertz CT molecular complexity index is 1250. The van der Waals surface area contributed by atoms with Crippen LogP contribution in [0.2, 0.25) is 0 Å². The van der Waals surface area contributed by atoms with Crippen LogP contribution in [0.4, 0.5) is 4.79 Å². The van der Waals surface area contributed by atoms with E-state index in [2.05, 4.69) is 29.6 Å². The fourth-order valence-corrected chi connectivity index (χ4v) is 4.59. The van der Waals surface area contributed by atoms with Gasteiger partial charge in [-0.25, -0.2) is 10.1 Å². The van der Waals surface area contributed by atoms with Gasteiger partial charge in [0.2, 0.25) is 0 Å². The van der Waals surface area contributed by atoms with Gasteiger partial charge in [-0.2, -0.15) is 0 Å². The van der Waals surface area contributed by atoms with Crippen molar-refractivity contribution in [2.45, 2.75) is 18.4 Å². The third kappa shape index (κ3) is 3.76. The minimum Gasteiger partial charge on any atom is -0.447 e. The lowest BCUT2D eigenvalue weighted by Crippen LogP contribution is -2.32. The number of rotatable bonds is 6. The van der Waals surface area contributed by atoms with Gasteiger partial charge >= 0.3 is 6.09 Å². The van der Waals surface area contributed by atoms with E-state index in [-0.39, 0.29) is 12.5 Å². The van der Waals surface area contributed by atoms with E-state index in [0.717, 1.165) is 27.5 Å². The van der Waals surface area contributed by atoms with Gasteiger partial charge in [-0.05, 0) is 38.6 Å². The predicted molar refractivity (Wildman–Crippen MR) is 125 cm³/mol. The van der Waals surface area contributed by atoms with Gasteiger partial charge in [0.05, 0.1) is 0 Å². The number of carbonyl (C=O) groups is 2. The third-order valence-corrected chi connectivity index (χ3v) is 6.07. The van der Waals surface area contributed by atoms with Crippen LogP contribution in [-0.4, -0.2) is 25.0 Å². The zero-order chi connectivity index (χ0) is 21.9. The van der Waals surface area contributed by atoms with Gasteiger partial charge in [0.1, 0.15) is 18.9 Å². The van der Waals surface area contributed by atoms with Crippen LogP contribution in [0.5, 0.6) is 0 Å². The van der Waals surface area contributed by atoms with Crippen LogP contribution in [-0.2, 0) is 16.0 Å². The van der Waals surface area contributed by atoms with Crippen LogP contribution >= 0.6 is 0 Å². The lowest BCUT2D eigenvalue weighted by atomic mass is 9.98. The number of amides is 1. The van der Waals surface area contributed by atoms with Crippen molar-refractivity contribution >= 4 is 23.2 Å². The van der Waals surface area contributed by atoms with E-state index in [1.807, 2.05) is 66.7 Å². The molecule has 5 rings (SSSR count). The summed E-state index contributed by atoms with van der Waals surface area (Å²) < 4.78 is 5.53. The highest BCUT2D eigenvalue weighted by atomic mass is 16.5. The second kappa shape index (κ2) is 8.67. The average molecular weight is 420 g/mol. The van der Waals surface area contributed by atoms with Crippen LogP contribution in [0.3, 0.4) is 0 Å². The molecule has 0 saturated heterocycles. The first kappa shape index (κ1) is 20.0. The Morgan fingerprint density at radius 2 is 1.47 bits per heavy atom. The van der Waals surface area contributed by atoms with Crippen molar-refractivity contribution in [3.05, 3.63) is 108 Å². The Balaban J connectivity index is 1.27. The minimum absolute atomic E-state index is 0.0331. The molecule has 4 aromatic rings. The number of nitrogens with zero attached hydrogens (tertiary/aromatic N) is 1. The molecule has 0 fully saturated rings. The largest absolute Gasteiger partial charge is 0.447 e. The number of ether oxygens (including phenoxy) is 1. The molecule has 1 aliphatic rings. The lowest BCUT2D eigenvalue weighted by Gasteiger charge is -2.16. The van der Waals surface area contributed by atoms with E-state index >= 15 is 0 Å². The van der Waals surface area contributed by atoms with Crippen LogP contribution in [0.25, 0.3) is 21.9 Å². The molecule has 0 saturated carbocycles. The number of fused-ring (bicyclic) bond motifs is 4. The highest BCUT2D eigenvalue weighted by Crippen LogP contribution is 2.44. The molecule has 1 amide bonds. The molecule has 0 spiro atoms. The molecule has 1 aliphatic carbocycles. The van der Waals surface area contributed by atoms with Crippen molar-refractivity contribution < 1.29 is 14.3 Å². The number of aldehydes is 1. The normalized spacial score (nSPS) is 13.2. The summed E-state index contributed by atoms with van der Waals surface area (Å²) >= 11 is 0. The molecule has 0 aliphatic heterocycles. The van der Waals surface area contributed by atoms with Crippen molar-refractivity contribution in [1.82, 2.24) is 5.32 Å². The van der Waals surface area contributed by atoms with Gasteiger partial charge in [-0.1, -0.05) is 91.0 Å². The third-order valence-electron chi connectivity index (χ3n) is 6.07. The Morgan fingerprint density at radius 3 is 2.19 bits per heavy atom. The molecule has 0 bridgehead atoms. The van der Waals surface area contributed by atoms with Gasteiger partial charge in [-0.15, -0.1) is 0 Å². The smallest absolute Gasteiger partial charge is 0.429 e. The molecule has 1 radical (unpaired) electrons. The molecule has 0 unspecified atom stereocenters. The maximum absolute atomic E-state index is 12.5. The van der Waals surface area contributed by atoms with E-state index in [9.17, 15) is 9.59 Å². The van der Waals surface area contributed by atoms with E-state index < -0.39 is 12.1 Å². The van der Waals surface area contributed by atoms with E-state index in [1.54, 1.807) is 0 Å². The average Bonchev–Trinajstić information content (AvgIpc) is 3.16. The second-order valence-electron chi connectivity index (χ2n) is 7.98. The molecule has 0 N–H and O–H groups in total.